The molecule has 3 heteroatoms. The van der Waals surface area contributed by atoms with Crippen molar-refractivity contribution in [3.05, 3.63) is 30.1 Å². The van der Waals surface area contributed by atoms with E-state index >= 15 is 0 Å². The minimum absolute atomic E-state index is 0.304. The van der Waals surface area contributed by atoms with Gasteiger partial charge < -0.3 is 4.74 Å². The van der Waals surface area contributed by atoms with Crippen LogP contribution in [0.3, 0.4) is 0 Å². The number of esters is 1. The molecule has 2 rings (SSSR count). The molecule has 3 nitrogen and oxygen atoms in total. The summed E-state index contributed by atoms with van der Waals surface area (Å²) in [5, 5.41) is 0. The molecule has 0 amide bonds. The zero-order valence-electron chi connectivity index (χ0n) is 10.1. The number of ether oxygens (including phenoxy) is 1. The van der Waals surface area contributed by atoms with Gasteiger partial charge in [0.25, 0.3) is 0 Å². The number of carbonyl (C=O) groups excluding carboxylic acids is 1. The van der Waals surface area contributed by atoms with Crippen LogP contribution in [-0.2, 0) is 4.74 Å². The normalized spacial score (nSPS) is 16.7. The highest BCUT2D eigenvalue weighted by molar-refractivity contribution is 5.87. The monoisotopic (exact) mass is 233 g/mol. The second-order valence-electron chi connectivity index (χ2n) is 4.64. The molecule has 0 saturated heterocycles. The Bertz CT molecular complexity index is 344. The van der Waals surface area contributed by atoms with Gasteiger partial charge in [0.05, 0.1) is 6.61 Å². The van der Waals surface area contributed by atoms with Gasteiger partial charge in [0, 0.05) is 6.20 Å². The summed E-state index contributed by atoms with van der Waals surface area (Å²) in [6, 6.07) is 5.27. The van der Waals surface area contributed by atoms with Crippen molar-refractivity contribution in [2.75, 3.05) is 6.61 Å². The van der Waals surface area contributed by atoms with E-state index in [1.165, 1.54) is 32.1 Å². The molecule has 92 valence electrons. The average Bonchev–Trinajstić information content (AvgIpc) is 2.41. The Balaban J connectivity index is 1.69. The number of carbonyl (C=O) groups is 1. The third-order valence-electron chi connectivity index (χ3n) is 3.36. The van der Waals surface area contributed by atoms with Gasteiger partial charge in [-0.25, -0.2) is 9.78 Å². The smallest absolute Gasteiger partial charge is 0.356 e. The van der Waals surface area contributed by atoms with Crippen LogP contribution in [0, 0.1) is 5.92 Å². The maximum atomic E-state index is 11.6. The van der Waals surface area contributed by atoms with E-state index in [0.29, 0.717) is 12.3 Å². The van der Waals surface area contributed by atoms with Gasteiger partial charge in [-0.05, 0) is 24.5 Å². The number of hydrogen-bond acceptors (Lipinski definition) is 3. The molecule has 17 heavy (non-hydrogen) atoms. The Hall–Kier alpha value is -1.38. The predicted octanol–water partition coefficient (Wildman–Crippen LogP) is 3.21. The first-order valence-corrected chi connectivity index (χ1v) is 6.44. The third-order valence-corrected chi connectivity index (χ3v) is 3.36. The summed E-state index contributed by atoms with van der Waals surface area (Å²) in [5.74, 6) is 0.446. The summed E-state index contributed by atoms with van der Waals surface area (Å²) < 4.78 is 5.23. The molecule has 1 aliphatic rings. The summed E-state index contributed by atoms with van der Waals surface area (Å²) in [7, 11) is 0. The van der Waals surface area contributed by atoms with Crippen LogP contribution >= 0.6 is 0 Å². The molecule has 0 atom stereocenters. The minimum Gasteiger partial charge on any atom is -0.461 e. The van der Waals surface area contributed by atoms with E-state index in [1.54, 1.807) is 24.4 Å². The first-order valence-electron chi connectivity index (χ1n) is 6.44. The summed E-state index contributed by atoms with van der Waals surface area (Å²) in [6.07, 6.45) is 9.22. The Morgan fingerprint density at radius 1 is 1.29 bits per heavy atom. The lowest BCUT2D eigenvalue weighted by Crippen LogP contribution is -2.13. The first kappa shape index (κ1) is 12.1. The highest BCUT2D eigenvalue weighted by Crippen LogP contribution is 2.26. The van der Waals surface area contributed by atoms with Gasteiger partial charge in [-0.3, -0.25) is 0 Å². The second-order valence-corrected chi connectivity index (χ2v) is 4.64. The van der Waals surface area contributed by atoms with Crippen LogP contribution in [0.25, 0.3) is 0 Å². The number of aromatic nitrogens is 1. The van der Waals surface area contributed by atoms with Gasteiger partial charge in [-0.1, -0.05) is 38.2 Å². The molecule has 1 aromatic heterocycles. The van der Waals surface area contributed by atoms with E-state index in [2.05, 4.69) is 4.98 Å². The second kappa shape index (κ2) is 6.38. The van der Waals surface area contributed by atoms with Crippen molar-refractivity contribution < 1.29 is 9.53 Å². The van der Waals surface area contributed by atoms with E-state index in [0.717, 1.165) is 12.3 Å². The zero-order valence-corrected chi connectivity index (χ0v) is 10.1. The van der Waals surface area contributed by atoms with Gasteiger partial charge in [0.15, 0.2) is 0 Å². The van der Waals surface area contributed by atoms with E-state index in [1.807, 2.05) is 0 Å². The van der Waals surface area contributed by atoms with Gasteiger partial charge >= 0.3 is 5.97 Å². The van der Waals surface area contributed by atoms with Crippen molar-refractivity contribution in [2.45, 2.75) is 38.5 Å². The maximum absolute atomic E-state index is 11.6. The molecule has 1 saturated carbocycles. The maximum Gasteiger partial charge on any atom is 0.356 e. The van der Waals surface area contributed by atoms with Crippen LogP contribution in [0.4, 0.5) is 0 Å². The molecule has 0 aromatic carbocycles. The fraction of sp³-hybridized carbons (Fsp3) is 0.571. The lowest BCUT2D eigenvalue weighted by molar-refractivity contribution is 0.0468. The van der Waals surface area contributed by atoms with Crippen molar-refractivity contribution >= 4 is 5.97 Å². The van der Waals surface area contributed by atoms with Gasteiger partial charge in [0.2, 0.25) is 0 Å². The van der Waals surface area contributed by atoms with Crippen LogP contribution in [-0.4, -0.2) is 17.6 Å². The van der Waals surface area contributed by atoms with Crippen molar-refractivity contribution in [3.63, 3.8) is 0 Å². The third kappa shape index (κ3) is 3.84. The summed E-state index contributed by atoms with van der Waals surface area (Å²) >= 11 is 0. The van der Waals surface area contributed by atoms with E-state index in [-0.39, 0.29) is 5.97 Å². The van der Waals surface area contributed by atoms with Gasteiger partial charge in [-0.2, -0.15) is 0 Å². The van der Waals surface area contributed by atoms with Crippen LogP contribution in [0.15, 0.2) is 24.4 Å². The number of pyridine rings is 1. The van der Waals surface area contributed by atoms with E-state index < -0.39 is 0 Å². The van der Waals surface area contributed by atoms with Crippen LogP contribution in [0.5, 0.6) is 0 Å². The van der Waals surface area contributed by atoms with Gasteiger partial charge in [-0.15, -0.1) is 0 Å². The molecule has 0 spiro atoms. The number of rotatable bonds is 4. The van der Waals surface area contributed by atoms with Gasteiger partial charge in [0.1, 0.15) is 5.69 Å². The molecular weight excluding hydrogens is 214 g/mol. The number of nitrogens with zero attached hydrogens (tertiary/aromatic N) is 1. The molecule has 1 heterocycles. The quantitative estimate of drug-likeness (QED) is 0.750. The lowest BCUT2D eigenvalue weighted by atomic mass is 9.87. The van der Waals surface area contributed by atoms with Crippen LogP contribution < -0.4 is 0 Å². The largest absolute Gasteiger partial charge is 0.461 e. The predicted molar refractivity (Wildman–Crippen MR) is 65.7 cm³/mol. The SMILES string of the molecule is O=C(OCCC1CCCCC1)c1ccccn1. The van der Waals surface area contributed by atoms with Crippen molar-refractivity contribution in [1.82, 2.24) is 4.98 Å². The lowest BCUT2D eigenvalue weighted by Gasteiger charge is -2.20. The Morgan fingerprint density at radius 3 is 2.82 bits per heavy atom. The Morgan fingerprint density at radius 2 is 2.12 bits per heavy atom. The molecule has 1 aliphatic carbocycles. The summed E-state index contributed by atoms with van der Waals surface area (Å²) in [4.78, 5) is 15.6. The Kier molecular flexibility index (Phi) is 4.54. The topological polar surface area (TPSA) is 39.2 Å². The molecule has 0 N–H and O–H groups in total. The molecular formula is C14H19NO2. The standard InChI is InChI=1S/C14H19NO2/c16-14(13-8-4-5-10-15-13)17-11-9-12-6-2-1-3-7-12/h4-5,8,10,12H,1-3,6-7,9,11H2. The fourth-order valence-corrected chi connectivity index (χ4v) is 2.35. The van der Waals surface area contributed by atoms with Crippen molar-refractivity contribution in [3.8, 4) is 0 Å². The van der Waals surface area contributed by atoms with Crippen LogP contribution in [0.1, 0.15) is 49.0 Å². The molecule has 0 bridgehead atoms. The van der Waals surface area contributed by atoms with Crippen LogP contribution in [0.2, 0.25) is 0 Å². The van der Waals surface area contributed by atoms with E-state index in [9.17, 15) is 4.79 Å². The highest BCUT2D eigenvalue weighted by Gasteiger charge is 2.14. The molecule has 0 unspecified atom stereocenters. The van der Waals surface area contributed by atoms with Crippen molar-refractivity contribution in [2.24, 2.45) is 5.92 Å². The number of hydrogen-bond donors (Lipinski definition) is 0. The highest BCUT2D eigenvalue weighted by atomic mass is 16.5. The summed E-state index contributed by atoms with van der Waals surface area (Å²) in [6.45, 7) is 0.528. The Labute approximate surface area is 102 Å². The summed E-state index contributed by atoms with van der Waals surface area (Å²) in [5.41, 5.74) is 0.399. The molecule has 0 radical (unpaired) electrons. The van der Waals surface area contributed by atoms with E-state index in [4.69, 9.17) is 4.74 Å². The first-order chi connectivity index (χ1) is 8.36. The molecule has 0 aliphatic heterocycles. The minimum atomic E-state index is -0.304. The molecule has 1 fully saturated rings. The molecule has 1 aromatic rings. The fourth-order valence-electron chi connectivity index (χ4n) is 2.35. The zero-order chi connectivity index (χ0) is 11.9. The van der Waals surface area contributed by atoms with Crippen molar-refractivity contribution in [1.29, 1.82) is 0 Å². The average molecular weight is 233 g/mol.